The molecule has 2 amide bonds. The summed E-state index contributed by atoms with van der Waals surface area (Å²) in [6.07, 6.45) is 0.853. The molecule has 2 aromatic carbocycles. The average Bonchev–Trinajstić information content (AvgIpc) is 3.56. The lowest BCUT2D eigenvalue weighted by molar-refractivity contribution is -0.155. The zero-order chi connectivity index (χ0) is 20.4. The van der Waals surface area contributed by atoms with Gasteiger partial charge in [0.1, 0.15) is 18.5 Å². The van der Waals surface area contributed by atoms with Gasteiger partial charge < -0.3 is 20.1 Å². The molecule has 0 spiro atoms. The highest BCUT2D eigenvalue weighted by Gasteiger charge is 2.35. The fraction of sp³-hybridized carbons (Fsp3) is 0.364. The van der Waals surface area contributed by atoms with Crippen LogP contribution >= 0.6 is 0 Å². The van der Waals surface area contributed by atoms with Crippen molar-refractivity contribution in [2.45, 2.75) is 31.5 Å². The van der Waals surface area contributed by atoms with Gasteiger partial charge in [0.2, 0.25) is 11.8 Å². The summed E-state index contributed by atoms with van der Waals surface area (Å²) >= 11 is 0. The van der Waals surface area contributed by atoms with E-state index in [0.29, 0.717) is 16.8 Å². The van der Waals surface area contributed by atoms with Crippen molar-refractivity contribution in [2.75, 3.05) is 18.5 Å². The molecule has 0 aromatic heterocycles. The van der Waals surface area contributed by atoms with E-state index in [1.54, 1.807) is 42.5 Å². The van der Waals surface area contributed by atoms with E-state index in [1.807, 2.05) is 0 Å². The van der Waals surface area contributed by atoms with Crippen LogP contribution in [0.25, 0.3) is 0 Å². The molecular weight excluding hydrogens is 375 g/mol. The molecule has 0 unspecified atom stereocenters. The van der Waals surface area contributed by atoms with Gasteiger partial charge in [0.15, 0.2) is 0 Å². The molecule has 0 radical (unpaired) electrons. The Kier molecular flexibility index (Phi) is 5.60. The first kappa shape index (κ1) is 19.5. The van der Waals surface area contributed by atoms with E-state index in [0.717, 1.165) is 12.8 Å². The first-order valence-electron chi connectivity index (χ1n) is 9.72. The Morgan fingerprint density at radius 3 is 2.62 bits per heavy atom. The molecule has 1 aliphatic carbocycles. The number of amides is 2. The van der Waals surface area contributed by atoms with E-state index in [4.69, 9.17) is 4.74 Å². The topological polar surface area (TPSA) is 78.9 Å². The number of nitrogens with one attached hydrogen (secondary N) is 1. The van der Waals surface area contributed by atoms with Crippen molar-refractivity contribution in [1.82, 2.24) is 4.90 Å². The number of morpholine rings is 1. The lowest BCUT2D eigenvalue weighted by Crippen LogP contribution is -2.51. The summed E-state index contributed by atoms with van der Waals surface area (Å²) in [7, 11) is 0. The summed E-state index contributed by atoms with van der Waals surface area (Å²) < 4.78 is 19.4. The third kappa shape index (κ3) is 4.46. The quantitative estimate of drug-likeness (QED) is 0.784. The second-order valence-electron chi connectivity index (χ2n) is 7.53. The SMILES string of the molecule is O=C(Nc1ccc([C@@H](O)[C@H]2COCC(=O)N2Cc2ccccc2F)cc1)C1CC1. The molecule has 2 atom stereocenters. The molecule has 2 N–H and O–H groups in total. The Bertz CT molecular complexity index is 898. The van der Waals surface area contributed by atoms with Crippen LogP contribution in [0.4, 0.5) is 10.1 Å². The second kappa shape index (κ2) is 8.31. The van der Waals surface area contributed by atoms with E-state index >= 15 is 0 Å². The Morgan fingerprint density at radius 2 is 1.93 bits per heavy atom. The molecular formula is C22H23FN2O4. The number of aliphatic hydroxyl groups is 1. The summed E-state index contributed by atoms with van der Waals surface area (Å²) in [6.45, 7) is 0.122. The van der Waals surface area contributed by atoms with Crippen LogP contribution in [0.3, 0.4) is 0 Å². The number of halogens is 1. The molecule has 7 heteroatoms. The number of carbonyl (C=O) groups excluding carboxylic acids is 2. The van der Waals surface area contributed by atoms with Crippen LogP contribution in [0.2, 0.25) is 0 Å². The van der Waals surface area contributed by atoms with Gasteiger partial charge in [-0.25, -0.2) is 4.39 Å². The molecule has 6 nitrogen and oxygen atoms in total. The molecule has 2 aromatic rings. The largest absolute Gasteiger partial charge is 0.386 e. The standard InChI is InChI=1S/C22H23FN2O4/c23-18-4-2-1-3-16(18)11-25-19(12-29-13-20(25)26)21(27)14-7-9-17(10-8-14)24-22(28)15-5-6-15/h1-4,7-10,15,19,21,27H,5-6,11-13H2,(H,24,28)/t19-,21-/m1/s1. The number of ether oxygens (including phenoxy) is 1. The van der Waals surface area contributed by atoms with Gasteiger partial charge in [-0.3, -0.25) is 9.59 Å². The molecule has 1 aliphatic heterocycles. The number of benzene rings is 2. The van der Waals surface area contributed by atoms with Crippen LogP contribution in [0, 0.1) is 11.7 Å². The Morgan fingerprint density at radius 1 is 1.21 bits per heavy atom. The number of hydrogen-bond acceptors (Lipinski definition) is 4. The number of nitrogens with zero attached hydrogens (tertiary/aromatic N) is 1. The third-order valence-electron chi connectivity index (χ3n) is 5.37. The van der Waals surface area contributed by atoms with Gasteiger partial charge in [0.25, 0.3) is 0 Å². The summed E-state index contributed by atoms with van der Waals surface area (Å²) in [6, 6.07) is 12.5. The minimum atomic E-state index is -1.00. The van der Waals surface area contributed by atoms with Crippen LogP contribution in [-0.2, 0) is 20.9 Å². The zero-order valence-electron chi connectivity index (χ0n) is 15.9. The van der Waals surface area contributed by atoms with Crippen molar-refractivity contribution in [2.24, 2.45) is 5.92 Å². The van der Waals surface area contributed by atoms with Crippen molar-refractivity contribution >= 4 is 17.5 Å². The lowest BCUT2D eigenvalue weighted by atomic mass is 9.99. The minimum Gasteiger partial charge on any atom is -0.386 e. The predicted octanol–water partition coefficient (Wildman–Crippen LogP) is 2.64. The van der Waals surface area contributed by atoms with E-state index in [2.05, 4.69) is 5.32 Å². The lowest BCUT2D eigenvalue weighted by Gasteiger charge is -2.38. The van der Waals surface area contributed by atoms with Gasteiger partial charge in [-0.2, -0.15) is 0 Å². The first-order valence-corrected chi connectivity index (χ1v) is 9.72. The maximum absolute atomic E-state index is 14.1. The average molecular weight is 398 g/mol. The molecule has 0 bridgehead atoms. The maximum atomic E-state index is 14.1. The van der Waals surface area contributed by atoms with Crippen molar-refractivity contribution in [1.29, 1.82) is 0 Å². The van der Waals surface area contributed by atoms with Crippen molar-refractivity contribution in [3.05, 3.63) is 65.5 Å². The maximum Gasteiger partial charge on any atom is 0.249 e. The number of hydrogen-bond donors (Lipinski definition) is 2. The van der Waals surface area contributed by atoms with Crippen LogP contribution in [0.15, 0.2) is 48.5 Å². The van der Waals surface area contributed by atoms with Gasteiger partial charge in [-0.05, 0) is 36.6 Å². The first-order chi connectivity index (χ1) is 14.0. The van der Waals surface area contributed by atoms with Crippen molar-refractivity contribution in [3.63, 3.8) is 0 Å². The minimum absolute atomic E-state index is 0.0145. The number of carbonyl (C=O) groups is 2. The van der Waals surface area contributed by atoms with E-state index < -0.39 is 18.0 Å². The molecule has 29 heavy (non-hydrogen) atoms. The fourth-order valence-corrected chi connectivity index (χ4v) is 3.48. The van der Waals surface area contributed by atoms with Crippen LogP contribution in [0.1, 0.15) is 30.1 Å². The molecule has 1 saturated heterocycles. The van der Waals surface area contributed by atoms with E-state index in [9.17, 15) is 19.1 Å². The zero-order valence-corrected chi connectivity index (χ0v) is 15.9. The highest BCUT2D eigenvalue weighted by atomic mass is 19.1. The monoisotopic (exact) mass is 398 g/mol. The van der Waals surface area contributed by atoms with Crippen LogP contribution in [-0.4, -0.2) is 41.1 Å². The van der Waals surface area contributed by atoms with E-state index in [-0.39, 0.29) is 37.5 Å². The summed E-state index contributed by atoms with van der Waals surface area (Å²) in [5, 5.41) is 13.7. The molecule has 1 heterocycles. The number of anilines is 1. The molecule has 1 saturated carbocycles. The van der Waals surface area contributed by atoms with Crippen LogP contribution < -0.4 is 5.32 Å². The highest BCUT2D eigenvalue weighted by Crippen LogP contribution is 2.31. The Labute approximate surface area is 168 Å². The fourth-order valence-electron chi connectivity index (χ4n) is 3.48. The van der Waals surface area contributed by atoms with Gasteiger partial charge >= 0.3 is 0 Å². The van der Waals surface area contributed by atoms with Crippen LogP contribution in [0.5, 0.6) is 0 Å². The third-order valence-corrected chi connectivity index (χ3v) is 5.37. The summed E-state index contributed by atoms with van der Waals surface area (Å²) in [4.78, 5) is 25.8. The Hall–Kier alpha value is -2.77. The predicted molar refractivity (Wildman–Crippen MR) is 104 cm³/mol. The number of rotatable bonds is 6. The Balaban J connectivity index is 1.49. The highest BCUT2D eigenvalue weighted by molar-refractivity contribution is 5.94. The summed E-state index contributed by atoms with van der Waals surface area (Å²) in [5.74, 6) is -0.564. The molecule has 2 aliphatic rings. The van der Waals surface area contributed by atoms with Gasteiger partial charge in [0, 0.05) is 23.7 Å². The normalized spacial score (nSPS) is 20.4. The molecule has 4 rings (SSSR count). The smallest absolute Gasteiger partial charge is 0.249 e. The van der Waals surface area contributed by atoms with Crippen molar-refractivity contribution in [3.8, 4) is 0 Å². The molecule has 2 fully saturated rings. The van der Waals surface area contributed by atoms with Gasteiger partial charge in [-0.1, -0.05) is 30.3 Å². The van der Waals surface area contributed by atoms with E-state index in [1.165, 1.54) is 11.0 Å². The van der Waals surface area contributed by atoms with Crippen molar-refractivity contribution < 1.29 is 23.8 Å². The molecule has 152 valence electrons. The summed E-state index contributed by atoms with van der Waals surface area (Å²) in [5.41, 5.74) is 1.64. The number of aliphatic hydroxyl groups excluding tert-OH is 1. The van der Waals surface area contributed by atoms with Gasteiger partial charge in [0.05, 0.1) is 12.6 Å². The van der Waals surface area contributed by atoms with Gasteiger partial charge in [-0.15, -0.1) is 0 Å². The second-order valence-corrected chi connectivity index (χ2v) is 7.53.